The van der Waals surface area contributed by atoms with Crippen molar-refractivity contribution in [3.63, 3.8) is 0 Å². The molecule has 0 bridgehead atoms. The molecule has 0 unspecified atom stereocenters. The maximum Gasteiger partial charge on any atom is 0.328 e. The van der Waals surface area contributed by atoms with E-state index in [1.165, 1.54) is 28.4 Å². The molecule has 2 aliphatic rings. The van der Waals surface area contributed by atoms with Gasteiger partial charge in [0.15, 0.2) is 33.5 Å². The molecule has 2 aromatic rings. The number of para-hydroxylation sites is 2. The van der Waals surface area contributed by atoms with Crippen LogP contribution in [0.25, 0.3) is 0 Å². The number of hydrogen-bond acceptors (Lipinski definition) is 8. The molecule has 2 aromatic carbocycles. The van der Waals surface area contributed by atoms with Crippen LogP contribution in [0.2, 0.25) is 0 Å². The number of barbiturate groups is 1. The number of nitrogens with one attached hydrogen (secondary N) is 4. The van der Waals surface area contributed by atoms with Crippen LogP contribution < -0.4 is 40.2 Å². The Morgan fingerprint density at radius 3 is 1.51 bits per heavy atom. The fourth-order valence-corrected chi connectivity index (χ4v) is 4.93. The normalized spacial score (nSPS) is 20.8. The molecule has 2 atom stereocenters. The summed E-state index contributed by atoms with van der Waals surface area (Å²) in [5.74, 6) is -0.308. The lowest BCUT2D eigenvalue weighted by Gasteiger charge is -2.49. The number of hydrogen-bond donors (Lipinski definition) is 4. The molecule has 0 radical (unpaired) electrons. The summed E-state index contributed by atoms with van der Waals surface area (Å²) in [4.78, 5) is 39.5. The summed E-state index contributed by atoms with van der Waals surface area (Å²) >= 11 is 5.50. The van der Waals surface area contributed by atoms with Crippen molar-refractivity contribution in [1.82, 2.24) is 21.3 Å². The van der Waals surface area contributed by atoms with Crippen molar-refractivity contribution in [2.45, 2.75) is 12.1 Å². The zero-order valence-corrected chi connectivity index (χ0v) is 20.2. The van der Waals surface area contributed by atoms with Crippen molar-refractivity contribution >= 4 is 35.2 Å². The van der Waals surface area contributed by atoms with E-state index in [9.17, 15) is 14.4 Å². The minimum atomic E-state index is -1.96. The van der Waals surface area contributed by atoms with E-state index in [4.69, 9.17) is 31.2 Å². The molecule has 1 spiro atoms. The third-order valence-corrected chi connectivity index (χ3v) is 6.39. The Kier molecular flexibility index (Phi) is 6.39. The third-order valence-electron chi connectivity index (χ3n) is 6.16. The lowest BCUT2D eigenvalue weighted by molar-refractivity contribution is -0.150. The molecule has 4 amide bonds. The molecule has 2 saturated heterocycles. The fourth-order valence-electron chi connectivity index (χ4n) is 4.69. The molecule has 0 aromatic heterocycles. The van der Waals surface area contributed by atoms with E-state index in [0.29, 0.717) is 34.1 Å². The molecule has 2 aliphatic heterocycles. The van der Waals surface area contributed by atoms with Crippen molar-refractivity contribution in [3.05, 3.63) is 47.5 Å². The molecule has 0 aliphatic carbocycles. The summed E-state index contributed by atoms with van der Waals surface area (Å²) in [6, 6.07) is 7.06. The van der Waals surface area contributed by atoms with Crippen molar-refractivity contribution in [2.24, 2.45) is 5.41 Å². The van der Waals surface area contributed by atoms with Gasteiger partial charge in [-0.1, -0.05) is 24.3 Å². The second kappa shape index (κ2) is 9.29. The van der Waals surface area contributed by atoms with E-state index in [1.807, 2.05) is 0 Å². The molecular formula is C23H24N4O7S. The fraction of sp³-hybridized carbons (Fsp3) is 0.304. The number of carbonyl (C=O) groups is 3. The molecule has 4 N–H and O–H groups in total. The van der Waals surface area contributed by atoms with Crippen molar-refractivity contribution in [1.29, 1.82) is 0 Å². The van der Waals surface area contributed by atoms with E-state index >= 15 is 0 Å². The van der Waals surface area contributed by atoms with Gasteiger partial charge in [-0.3, -0.25) is 20.2 Å². The number of carbonyl (C=O) groups excluding carboxylic acids is 3. The molecule has 12 heteroatoms. The molecule has 0 saturated carbocycles. The van der Waals surface area contributed by atoms with Gasteiger partial charge in [-0.05, 0) is 24.4 Å². The Morgan fingerprint density at radius 1 is 0.714 bits per heavy atom. The Balaban J connectivity index is 2.04. The summed E-state index contributed by atoms with van der Waals surface area (Å²) in [7, 11) is 5.84. The van der Waals surface area contributed by atoms with Crippen LogP contribution in [0.15, 0.2) is 36.4 Å². The number of thiocarbonyl (C=S) groups is 1. The largest absolute Gasteiger partial charge is 0.493 e. The highest BCUT2D eigenvalue weighted by molar-refractivity contribution is 7.80. The van der Waals surface area contributed by atoms with Crippen LogP contribution in [-0.2, 0) is 9.59 Å². The van der Waals surface area contributed by atoms with E-state index in [1.54, 1.807) is 36.4 Å². The molecule has 2 fully saturated rings. The minimum Gasteiger partial charge on any atom is -0.493 e. The first-order valence-corrected chi connectivity index (χ1v) is 10.9. The standard InChI is InChI=1S/C23H24N4O7S/c1-31-13-9-5-7-11(15(13)33-3)17-23(19(28)26-21(30)27-20(23)29)18(25-22(35)24-17)12-8-6-10-14(32-2)16(12)34-4/h5-10,17-18H,1-4H3,(H2,24,25,35)(H2,26,27,28,29,30)/t17-,18-/m1/s1. The Hall–Kier alpha value is -4.06. The molecule has 35 heavy (non-hydrogen) atoms. The van der Waals surface area contributed by atoms with E-state index in [0.717, 1.165) is 0 Å². The maximum atomic E-state index is 13.7. The number of ether oxygens (including phenoxy) is 4. The second-order valence-electron chi connectivity index (χ2n) is 7.76. The van der Waals surface area contributed by atoms with E-state index in [-0.39, 0.29) is 5.11 Å². The van der Waals surface area contributed by atoms with Crippen LogP contribution >= 0.6 is 12.2 Å². The summed E-state index contributed by atoms with van der Waals surface area (Å²) in [6.07, 6.45) is 0. The maximum absolute atomic E-state index is 13.7. The summed E-state index contributed by atoms with van der Waals surface area (Å²) in [5.41, 5.74) is -1.13. The summed E-state index contributed by atoms with van der Waals surface area (Å²) in [6.45, 7) is 0. The lowest BCUT2D eigenvalue weighted by Crippen LogP contribution is -2.73. The number of imide groups is 2. The van der Waals surface area contributed by atoms with Crippen LogP contribution in [0.1, 0.15) is 23.2 Å². The summed E-state index contributed by atoms with van der Waals surface area (Å²) < 4.78 is 22.1. The highest BCUT2D eigenvalue weighted by Crippen LogP contribution is 2.53. The number of urea groups is 1. The van der Waals surface area contributed by atoms with Crippen molar-refractivity contribution in [3.8, 4) is 23.0 Å². The second-order valence-corrected chi connectivity index (χ2v) is 8.16. The average molecular weight is 501 g/mol. The Morgan fingerprint density at radius 2 is 1.14 bits per heavy atom. The van der Waals surface area contributed by atoms with E-state index in [2.05, 4.69) is 21.3 Å². The van der Waals surface area contributed by atoms with Crippen LogP contribution in [0.4, 0.5) is 4.79 Å². The molecule has 4 rings (SSSR count). The topological polar surface area (TPSA) is 136 Å². The number of amides is 4. The Labute approximate surface area is 206 Å². The smallest absolute Gasteiger partial charge is 0.328 e. The van der Waals surface area contributed by atoms with Crippen LogP contribution in [0.5, 0.6) is 23.0 Å². The highest BCUT2D eigenvalue weighted by Gasteiger charge is 2.65. The lowest BCUT2D eigenvalue weighted by atomic mass is 9.65. The van der Waals surface area contributed by atoms with Gasteiger partial charge in [0.25, 0.3) is 0 Å². The predicted molar refractivity (Wildman–Crippen MR) is 128 cm³/mol. The quantitative estimate of drug-likeness (QED) is 0.340. The van der Waals surface area contributed by atoms with Gasteiger partial charge in [-0.25, -0.2) is 4.79 Å². The highest BCUT2D eigenvalue weighted by atomic mass is 32.1. The van der Waals surface area contributed by atoms with Crippen molar-refractivity contribution in [2.75, 3.05) is 28.4 Å². The van der Waals surface area contributed by atoms with Gasteiger partial charge in [0, 0.05) is 11.1 Å². The van der Waals surface area contributed by atoms with Gasteiger partial charge >= 0.3 is 6.03 Å². The Bertz CT molecular complexity index is 1130. The predicted octanol–water partition coefficient (Wildman–Crippen LogP) is 1.33. The first-order chi connectivity index (χ1) is 16.8. The van der Waals surface area contributed by atoms with Gasteiger partial charge < -0.3 is 29.6 Å². The first kappa shape index (κ1) is 24.1. The van der Waals surface area contributed by atoms with Crippen LogP contribution in [0.3, 0.4) is 0 Å². The third kappa shape index (κ3) is 3.66. The molecule has 184 valence electrons. The van der Waals surface area contributed by atoms with Crippen LogP contribution in [-0.4, -0.2) is 51.4 Å². The first-order valence-electron chi connectivity index (χ1n) is 10.5. The van der Waals surface area contributed by atoms with Crippen LogP contribution in [0, 0.1) is 5.41 Å². The zero-order chi connectivity index (χ0) is 25.3. The van der Waals surface area contributed by atoms with Gasteiger partial charge in [0.1, 0.15) is 0 Å². The van der Waals surface area contributed by atoms with Gasteiger partial charge in [-0.2, -0.15) is 0 Å². The SMILES string of the molecule is COc1cccc([C@H]2NC(=S)N[C@H](c3cccc(OC)c3OC)C23C(=O)NC(=O)NC3=O)c1OC. The van der Waals surface area contributed by atoms with Gasteiger partial charge in [0.2, 0.25) is 11.8 Å². The molecular weight excluding hydrogens is 476 g/mol. The number of benzene rings is 2. The van der Waals surface area contributed by atoms with Gasteiger partial charge in [-0.15, -0.1) is 0 Å². The monoisotopic (exact) mass is 500 g/mol. The average Bonchev–Trinajstić information content (AvgIpc) is 2.85. The van der Waals surface area contributed by atoms with Gasteiger partial charge in [0.05, 0.1) is 40.5 Å². The van der Waals surface area contributed by atoms with E-state index < -0.39 is 35.3 Å². The number of methoxy groups -OCH3 is 4. The van der Waals surface area contributed by atoms with Crippen molar-refractivity contribution < 1.29 is 33.3 Å². The molecule has 2 heterocycles. The minimum absolute atomic E-state index is 0.165. The molecule has 11 nitrogen and oxygen atoms in total. The zero-order valence-electron chi connectivity index (χ0n) is 19.4. The number of rotatable bonds is 6. The summed E-state index contributed by atoms with van der Waals surface area (Å²) in [5, 5.41) is 10.7.